The lowest BCUT2D eigenvalue weighted by Crippen LogP contribution is -2.44. The number of carboxylic acids is 1. The van der Waals surface area contributed by atoms with Crippen molar-refractivity contribution < 1.29 is 24.2 Å². The van der Waals surface area contributed by atoms with Crippen LogP contribution in [0.2, 0.25) is 0 Å². The number of anilines is 1. The molecule has 0 bridgehead atoms. The van der Waals surface area contributed by atoms with Gasteiger partial charge in [-0.25, -0.2) is 9.59 Å². The molecule has 7 nitrogen and oxygen atoms in total. The van der Waals surface area contributed by atoms with Crippen molar-refractivity contribution in [3.05, 3.63) is 23.8 Å². The number of ether oxygens (including phenoxy) is 2. The van der Waals surface area contributed by atoms with Crippen LogP contribution in [0.15, 0.2) is 18.2 Å². The molecule has 0 radical (unpaired) electrons. The zero-order valence-corrected chi connectivity index (χ0v) is 14.2. The minimum absolute atomic E-state index is 0.0266. The van der Waals surface area contributed by atoms with Crippen LogP contribution in [0, 0.1) is 0 Å². The molecule has 1 aliphatic heterocycles. The molecule has 1 aromatic rings. The highest BCUT2D eigenvalue weighted by Crippen LogP contribution is 2.24. The van der Waals surface area contributed by atoms with Gasteiger partial charge in [-0.3, -0.25) is 0 Å². The minimum Gasteiger partial charge on any atom is -0.490 e. The smallest absolute Gasteiger partial charge is 0.410 e. The molecule has 3 N–H and O–H groups in total. The van der Waals surface area contributed by atoms with Gasteiger partial charge in [0.15, 0.2) is 0 Å². The molecule has 1 aromatic carbocycles. The third-order valence-electron chi connectivity index (χ3n) is 3.65. The van der Waals surface area contributed by atoms with Crippen LogP contribution in [0.4, 0.5) is 10.5 Å². The molecule has 24 heavy (non-hydrogen) atoms. The SMILES string of the molecule is CC(C)(C)OC(=O)N1CCC(Oc2ccc(N)c(C(=O)O)c2)CC1. The number of likely N-dealkylation sites (tertiary alicyclic amines) is 1. The Morgan fingerprint density at radius 2 is 1.88 bits per heavy atom. The average Bonchev–Trinajstić information content (AvgIpc) is 2.48. The summed E-state index contributed by atoms with van der Waals surface area (Å²) >= 11 is 0. The van der Waals surface area contributed by atoms with Crippen LogP contribution in [0.5, 0.6) is 5.75 Å². The Hall–Kier alpha value is -2.44. The maximum absolute atomic E-state index is 12.0. The molecular weight excluding hydrogens is 312 g/mol. The van der Waals surface area contributed by atoms with E-state index in [0.717, 1.165) is 0 Å². The Bertz CT molecular complexity index is 616. The predicted octanol–water partition coefficient (Wildman–Crippen LogP) is 2.75. The van der Waals surface area contributed by atoms with E-state index in [0.29, 0.717) is 31.7 Å². The van der Waals surface area contributed by atoms with Crippen molar-refractivity contribution in [2.45, 2.75) is 45.3 Å². The van der Waals surface area contributed by atoms with Gasteiger partial charge in [0.2, 0.25) is 0 Å². The summed E-state index contributed by atoms with van der Waals surface area (Å²) in [5.41, 5.74) is 5.35. The van der Waals surface area contributed by atoms with Gasteiger partial charge in [-0.05, 0) is 39.0 Å². The fraction of sp³-hybridized carbons (Fsp3) is 0.529. The minimum atomic E-state index is -1.09. The molecule has 0 spiro atoms. The first kappa shape index (κ1) is 17.9. The third-order valence-corrected chi connectivity index (χ3v) is 3.65. The van der Waals surface area contributed by atoms with Gasteiger partial charge in [0.1, 0.15) is 17.5 Å². The first-order valence-corrected chi connectivity index (χ1v) is 7.93. The summed E-state index contributed by atoms with van der Waals surface area (Å²) in [5.74, 6) is -0.616. The number of rotatable bonds is 3. The first-order valence-electron chi connectivity index (χ1n) is 7.93. The lowest BCUT2D eigenvalue weighted by atomic mass is 10.1. The quantitative estimate of drug-likeness (QED) is 0.823. The largest absolute Gasteiger partial charge is 0.490 e. The van der Waals surface area contributed by atoms with Gasteiger partial charge in [-0.1, -0.05) is 0 Å². The maximum atomic E-state index is 12.0. The number of benzene rings is 1. The molecule has 0 unspecified atom stereocenters. The fourth-order valence-corrected chi connectivity index (χ4v) is 2.47. The van der Waals surface area contributed by atoms with Crippen LogP contribution in [0.1, 0.15) is 44.0 Å². The lowest BCUT2D eigenvalue weighted by molar-refractivity contribution is 0.0126. The van der Waals surface area contributed by atoms with E-state index in [1.54, 1.807) is 11.0 Å². The topological polar surface area (TPSA) is 102 Å². The Morgan fingerprint density at radius 1 is 1.25 bits per heavy atom. The lowest BCUT2D eigenvalue weighted by Gasteiger charge is -2.33. The molecule has 1 saturated heterocycles. The molecule has 0 aliphatic carbocycles. The van der Waals surface area contributed by atoms with Gasteiger partial charge in [0.05, 0.1) is 5.56 Å². The number of nitrogens with two attached hydrogens (primary N) is 1. The van der Waals surface area contributed by atoms with E-state index in [9.17, 15) is 9.59 Å². The number of piperidine rings is 1. The zero-order valence-electron chi connectivity index (χ0n) is 14.2. The number of hydrogen-bond acceptors (Lipinski definition) is 5. The van der Waals surface area contributed by atoms with E-state index in [-0.39, 0.29) is 23.4 Å². The Balaban J connectivity index is 1.90. The van der Waals surface area contributed by atoms with E-state index in [1.807, 2.05) is 20.8 Å². The van der Waals surface area contributed by atoms with Crippen LogP contribution in [0.3, 0.4) is 0 Å². The summed E-state index contributed by atoms with van der Waals surface area (Å²) in [7, 11) is 0. The second-order valence-corrected chi connectivity index (χ2v) is 6.84. The average molecular weight is 336 g/mol. The Morgan fingerprint density at radius 3 is 2.42 bits per heavy atom. The molecule has 0 atom stereocenters. The number of amides is 1. The summed E-state index contributed by atoms with van der Waals surface area (Å²) in [6, 6.07) is 4.61. The second-order valence-electron chi connectivity index (χ2n) is 6.84. The molecule has 1 aliphatic rings. The van der Waals surface area contributed by atoms with Crippen molar-refractivity contribution in [1.82, 2.24) is 4.90 Å². The summed E-state index contributed by atoms with van der Waals surface area (Å²) in [6.45, 7) is 6.59. The van der Waals surface area contributed by atoms with Crippen LogP contribution in [0.25, 0.3) is 0 Å². The summed E-state index contributed by atoms with van der Waals surface area (Å²) < 4.78 is 11.2. The van der Waals surface area contributed by atoms with E-state index in [2.05, 4.69) is 0 Å². The van der Waals surface area contributed by atoms with Crippen LogP contribution in [-0.2, 0) is 4.74 Å². The highest BCUT2D eigenvalue weighted by Gasteiger charge is 2.27. The number of nitrogen functional groups attached to an aromatic ring is 1. The van der Waals surface area contributed by atoms with Crippen molar-refractivity contribution in [2.75, 3.05) is 18.8 Å². The van der Waals surface area contributed by atoms with Gasteiger partial charge in [-0.15, -0.1) is 0 Å². The number of carboxylic acid groups (broad SMARTS) is 1. The maximum Gasteiger partial charge on any atom is 0.410 e. The number of carbonyl (C=O) groups is 2. The second kappa shape index (κ2) is 6.98. The van der Waals surface area contributed by atoms with Crippen LogP contribution >= 0.6 is 0 Å². The van der Waals surface area contributed by atoms with Gasteiger partial charge >= 0.3 is 12.1 Å². The standard InChI is InChI=1S/C17H24N2O5/c1-17(2,3)24-16(22)19-8-6-11(7-9-19)23-12-4-5-14(18)13(10-12)15(20)21/h4-5,10-11H,6-9,18H2,1-3H3,(H,20,21). The number of carbonyl (C=O) groups excluding carboxylic acids is 1. The molecule has 1 amide bonds. The van der Waals surface area contributed by atoms with Crippen molar-refractivity contribution in [3.63, 3.8) is 0 Å². The number of aromatic carboxylic acids is 1. The molecule has 2 rings (SSSR count). The van der Waals surface area contributed by atoms with Crippen LogP contribution < -0.4 is 10.5 Å². The van der Waals surface area contributed by atoms with E-state index in [1.165, 1.54) is 12.1 Å². The number of nitrogens with zero attached hydrogens (tertiary/aromatic N) is 1. The van der Waals surface area contributed by atoms with Crippen molar-refractivity contribution in [1.29, 1.82) is 0 Å². The molecule has 0 aromatic heterocycles. The highest BCUT2D eigenvalue weighted by molar-refractivity contribution is 5.94. The summed E-state index contributed by atoms with van der Waals surface area (Å²) in [5, 5.41) is 9.09. The summed E-state index contributed by atoms with van der Waals surface area (Å²) in [6.07, 6.45) is 0.925. The van der Waals surface area contributed by atoms with E-state index < -0.39 is 11.6 Å². The summed E-state index contributed by atoms with van der Waals surface area (Å²) in [4.78, 5) is 24.8. The zero-order chi connectivity index (χ0) is 17.9. The first-order chi connectivity index (χ1) is 11.2. The Labute approximate surface area is 141 Å². The highest BCUT2D eigenvalue weighted by atomic mass is 16.6. The molecule has 1 fully saturated rings. The van der Waals surface area contributed by atoms with E-state index >= 15 is 0 Å². The molecule has 7 heteroatoms. The Kier molecular flexibility index (Phi) is 5.21. The molecular formula is C17H24N2O5. The van der Waals surface area contributed by atoms with Gasteiger partial charge < -0.3 is 25.2 Å². The van der Waals surface area contributed by atoms with Gasteiger partial charge in [-0.2, -0.15) is 0 Å². The predicted molar refractivity (Wildman–Crippen MR) is 89.3 cm³/mol. The van der Waals surface area contributed by atoms with E-state index in [4.69, 9.17) is 20.3 Å². The molecule has 132 valence electrons. The van der Waals surface area contributed by atoms with Crippen molar-refractivity contribution >= 4 is 17.7 Å². The number of hydrogen-bond donors (Lipinski definition) is 2. The van der Waals surface area contributed by atoms with Crippen molar-refractivity contribution in [3.8, 4) is 5.75 Å². The fourth-order valence-electron chi connectivity index (χ4n) is 2.47. The normalized spacial score (nSPS) is 15.9. The third kappa shape index (κ3) is 4.78. The van der Waals surface area contributed by atoms with Crippen LogP contribution in [-0.4, -0.2) is 46.9 Å². The van der Waals surface area contributed by atoms with Crippen molar-refractivity contribution in [2.24, 2.45) is 0 Å². The molecule has 0 saturated carbocycles. The van der Waals surface area contributed by atoms with Gasteiger partial charge in [0, 0.05) is 31.6 Å². The monoisotopic (exact) mass is 336 g/mol. The van der Waals surface area contributed by atoms with Gasteiger partial charge in [0.25, 0.3) is 0 Å². The molecule has 1 heterocycles.